The fourth-order valence-corrected chi connectivity index (χ4v) is 4.16. The summed E-state index contributed by atoms with van der Waals surface area (Å²) in [5.41, 5.74) is 0.0193. The lowest BCUT2D eigenvalue weighted by Gasteiger charge is -2.10. The van der Waals surface area contributed by atoms with Gasteiger partial charge in [-0.25, -0.2) is 13.1 Å². The summed E-state index contributed by atoms with van der Waals surface area (Å²) >= 11 is 0. The van der Waals surface area contributed by atoms with Gasteiger partial charge in [0.1, 0.15) is 24.6 Å². The van der Waals surface area contributed by atoms with Gasteiger partial charge in [-0.1, -0.05) is 18.2 Å². The molecule has 12 nitrogen and oxygen atoms in total. The third kappa shape index (κ3) is 8.91. The first-order chi connectivity index (χ1) is 19.0. The van der Waals surface area contributed by atoms with Gasteiger partial charge in [0, 0.05) is 11.8 Å². The number of nitrogens with one attached hydrogen (secondary N) is 3. The van der Waals surface area contributed by atoms with Gasteiger partial charge in [-0.2, -0.15) is 0 Å². The lowest BCUT2D eigenvalue weighted by molar-refractivity contribution is -0.146. The second kappa shape index (κ2) is 13.8. The summed E-state index contributed by atoms with van der Waals surface area (Å²) < 4.78 is 37.7. The minimum atomic E-state index is -4.27. The van der Waals surface area contributed by atoms with Crippen LogP contribution in [-0.4, -0.2) is 62.9 Å². The molecule has 0 spiro atoms. The number of nitrogens with zero attached hydrogens (tertiary/aromatic N) is 1. The number of aromatic nitrogens is 1. The number of carbonyl (C=O) groups is 4. The highest BCUT2D eigenvalue weighted by atomic mass is 32.2. The Balaban J connectivity index is 1.51. The van der Waals surface area contributed by atoms with Gasteiger partial charge in [-0.05, 0) is 62.4 Å². The van der Waals surface area contributed by atoms with Crippen LogP contribution in [0.4, 0.5) is 0 Å². The number of hydrogen-bond acceptors (Lipinski definition) is 9. The van der Waals surface area contributed by atoms with Gasteiger partial charge in [-0.15, -0.1) is 0 Å². The number of carbonyl (C=O) groups excluding carboxylic acids is 4. The molecule has 0 unspecified atom stereocenters. The Morgan fingerprint density at radius 2 is 1.50 bits per heavy atom. The minimum absolute atomic E-state index is 0.0859. The molecule has 0 fully saturated rings. The van der Waals surface area contributed by atoms with Crippen LogP contribution >= 0.6 is 0 Å². The topological polar surface area (TPSA) is 170 Å². The highest BCUT2D eigenvalue weighted by Crippen LogP contribution is 2.12. The van der Waals surface area contributed by atoms with E-state index in [1.165, 1.54) is 36.4 Å². The summed E-state index contributed by atoms with van der Waals surface area (Å²) in [5.74, 6) is -2.01. The van der Waals surface area contributed by atoms with Crippen molar-refractivity contribution in [1.29, 1.82) is 0 Å². The van der Waals surface area contributed by atoms with Crippen LogP contribution in [0.5, 0.6) is 5.75 Å². The first kappa shape index (κ1) is 29.8. The predicted molar refractivity (Wildman–Crippen MR) is 143 cm³/mol. The van der Waals surface area contributed by atoms with Crippen LogP contribution in [0.2, 0.25) is 0 Å². The maximum Gasteiger partial charge on any atom is 0.325 e. The van der Waals surface area contributed by atoms with E-state index in [0.29, 0.717) is 5.75 Å². The molecule has 0 bridgehead atoms. The van der Waals surface area contributed by atoms with E-state index in [1.807, 2.05) is 22.9 Å². The molecule has 1 heterocycles. The zero-order valence-corrected chi connectivity index (χ0v) is 22.6. The molecule has 0 saturated carbocycles. The molecule has 0 aliphatic heterocycles. The quantitative estimate of drug-likeness (QED) is 0.217. The number of pyridine rings is 1. The van der Waals surface area contributed by atoms with Crippen molar-refractivity contribution in [2.75, 3.05) is 19.7 Å². The molecule has 3 rings (SSSR count). The van der Waals surface area contributed by atoms with Crippen LogP contribution in [-0.2, 0) is 19.6 Å². The molecule has 0 radical (unpaired) electrons. The van der Waals surface area contributed by atoms with Gasteiger partial charge >= 0.3 is 5.97 Å². The van der Waals surface area contributed by atoms with Crippen molar-refractivity contribution < 1.29 is 37.1 Å². The normalized spacial score (nSPS) is 10.9. The third-order valence-corrected chi connectivity index (χ3v) is 6.42. The smallest absolute Gasteiger partial charge is 0.325 e. The highest BCUT2D eigenvalue weighted by Gasteiger charge is 2.20. The molecule has 1 aromatic heterocycles. The second-order valence-electron chi connectivity index (χ2n) is 8.53. The Labute approximate surface area is 231 Å². The Morgan fingerprint density at radius 1 is 0.825 bits per heavy atom. The summed E-state index contributed by atoms with van der Waals surface area (Å²) in [6, 6.07) is 16.6. The van der Waals surface area contributed by atoms with Crippen LogP contribution in [0.1, 0.15) is 45.1 Å². The Bertz CT molecular complexity index is 1440. The van der Waals surface area contributed by atoms with E-state index >= 15 is 0 Å². The van der Waals surface area contributed by atoms with Crippen molar-refractivity contribution in [3.63, 3.8) is 0 Å². The molecule has 0 aliphatic rings. The predicted octanol–water partition coefficient (Wildman–Crippen LogP) is 1.69. The Kier molecular flexibility index (Phi) is 10.3. The fraction of sp³-hybridized carbons (Fsp3) is 0.222. The molecule has 210 valence electrons. The third-order valence-electron chi connectivity index (χ3n) is 5.07. The molecule has 40 heavy (non-hydrogen) atoms. The van der Waals surface area contributed by atoms with E-state index in [-0.39, 0.29) is 47.5 Å². The molecular weight excluding hydrogens is 540 g/mol. The molecule has 3 aromatic rings. The lowest BCUT2D eigenvalue weighted by Crippen LogP contribution is -2.33. The first-order valence-corrected chi connectivity index (χ1v) is 13.6. The monoisotopic (exact) mass is 568 g/mol. The van der Waals surface area contributed by atoms with E-state index in [1.54, 1.807) is 26.0 Å². The van der Waals surface area contributed by atoms with Gasteiger partial charge in [0.05, 0.1) is 23.1 Å². The Hall–Kier alpha value is -4.78. The summed E-state index contributed by atoms with van der Waals surface area (Å²) in [6.07, 6.45) is 0.700. The zero-order chi connectivity index (χ0) is 29.1. The number of para-hydroxylation sites is 1. The summed E-state index contributed by atoms with van der Waals surface area (Å²) in [6.45, 7) is 3.48. The molecule has 3 N–H and O–H groups in total. The van der Waals surface area contributed by atoms with E-state index in [2.05, 4.69) is 15.6 Å². The van der Waals surface area contributed by atoms with Crippen molar-refractivity contribution in [3.05, 3.63) is 89.7 Å². The van der Waals surface area contributed by atoms with Crippen LogP contribution in [0.3, 0.4) is 0 Å². The summed E-state index contributed by atoms with van der Waals surface area (Å²) in [5, 5.41) is 5.01. The van der Waals surface area contributed by atoms with E-state index in [9.17, 15) is 27.6 Å². The molecular formula is C27H28N4O8S. The number of sulfonamides is 1. The molecule has 0 saturated heterocycles. The van der Waals surface area contributed by atoms with Crippen LogP contribution < -0.4 is 20.1 Å². The molecule has 0 aliphatic carbocycles. The summed E-state index contributed by atoms with van der Waals surface area (Å²) in [4.78, 5) is 52.1. The maximum absolute atomic E-state index is 12.7. The zero-order valence-electron chi connectivity index (χ0n) is 21.7. The number of rotatable bonds is 12. The van der Waals surface area contributed by atoms with Crippen molar-refractivity contribution in [3.8, 4) is 5.75 Å². The molecule has 13 heteroatoms. The standard InChI is InChI=1S/C27H28N4O8S/c1-18(2)39-24(32)17-30-27(35)23-13-10-20(16-29-23)26(34)31-40(36,37)22-11-8-19(9-12-22)25(33)28-14-15-38-21-6-4-3-5-7-21/h3-13,16,18H,14-15,17H2,1-2H3,(H,28,33)(H,30,35)(H,31,34). The largest absolute Gasteiger partial charge is 0.492 e. The highest BCUT2D eigenvalue weighted by molar-refractivity contribution is 7.90. The maximum atomic E-state index is 12.7. The van der Waals surface area contributed by atoms with Crippen molar-refractivity contribution in [2.24, 2.45) is 0 Å². The molecule has 2 aromatic carbocycles. The SMILES string of the molecule is CC(C)OC(=O)CNC(=O)c1ccc(C(=O)NS(=O)(=O)c2ccc(C(=O)NCCOc3ccccc3)cc2)cn1. The van der Waals surface area contributed by atoms with Crippen molar-refractivity contribution in [1.82, 2.24) is 20.3 Å². The first-order valence-electron chi connectivity index (χ1n) is 12.1. The Morgan fingerprint density at radius 3 is 2.12 bits per heavy atom. The van der Waals surface area contributed by atoms with Crippen molar-refractivity contribution in [2.45, 2.75) is 24.8 Å². The van der Waals surface area contributed by atoms with Gasteiger partial charge in [0.15, 0.2) is 0 Å². The number of benzene rings is 2. The number of hydrogen-bond donors (Lipinski definition) is 3. The van der Waals surface area contributed by atoms with Gasteiger partial charge in [0.2, 0.25) is 0 Å². The van der Waals surface area contributed by atoms with E-state index < -0.39 is 33.7 Å². The number of esters is 1. The van der Waals surface area contributed by atoms with Gasteiger partial charge in [0.25, 0.3) is 27.7 Å². The number of ether oxygens (including phenoxy) is 2. The average molecular weight is 569 g/mol. The minimum Gasteiger partial charge on any atom is -0.492 e. The second-order valence-corrected chi connectivity index (χ2v) is 10.2. The van der Waals surface area contributed by atoms with E-state index in [4.69, 9.17) is 9.47 Å². The number of amides is 3. The van der Waals surface area contributed by atoms with Crippen LogP contribution in [0.15, 0.2) is 77.8 Å². The fourth-order valence-electron chi connectivity index (χ4n) is 3.19. The molecule has 0 atom stereocenters. The van der Waals surface area contributed by atoms with Crippen LogP contribution in [0.25, 0.3) is 0 Å². The van der Waals surface area contributed by atoms with Crippen molar-refractivity contribution >= 4 is 33.7 Å². The summed E-state index contributed by atoms with van der Waals surface area (Å²) in [7, 11) is -4.27. The molecule has 3 amide bonds. The van der Waals surface area contributed by atoms with Gasteiger partial charge in [-0.3, -0.25) is 24.2 Å². The average Bonchev–Trinajstić information content (AvgIpc) is 2.94. The van der Waals surface area contributed by atoms with E-state index in [0.717, 1.165) is 6.20 Å². The van der Waals surface area contributed by atoms with Crippen LogP contribution in [0, 0.1) is 0 Å². The van der Waals surface area contributed by atoms with Gasteiger partial charge < -0.3 is 20.1 Å². The lowest BCUT2D eigenvalue weighted by atomic mass is 10.2.